The van der Waals surface area contributed by atoms with E-state index in [2.05, 4.69) is 20.3 Å². The molecule has 0 saturated carbocycles. The van der Waals surface area contributed by atoms with Crippen molar-refractivity contribution in [2.24, 2.45) is 0 Å². The molecule has 4 heterocycles. The molecule has 0 amide bonds. The summed E-state index contributed by atoms with van der Waals surface area (Å²) in [7, 11) is 0. The second-order valence-electron chi connectivity index (χ2n) is 6.50. The SMILES string of the molecule is Nc1nc(NCC2CCCO2)c2ncn(C3O[C@H](CO)[C@@H](O)[C@H]3O)c2n1. The largest absolute Gasteiger partial charge is 0.394 e. The number of hydrogen-bond acceptors (Lipinski definition) is 10. The Balaban J connectivity index is 1.63. The Kier molecular flexibility index (Phi) is 4.63. The second kappa shape index (κ2) is 6.93. The van der Waals surface area contributed by atoms with Crippen LogP contribution in [0.15, 0.2) is 6.33 Å². The highest BCUT2D eigenvalue weighted by molar-refractivity contribution is 5.84. The van der Waals surface area contributed by atoms with E-state index in [0.717, 1.165) is 19.4 Å². The van der Waals surface area contributed by atoms with Gasteiger partial charge >= 0.3 is 0 Å². The van der Waals surface area contributed by atoms with Gasteiger partial charge in [0.25, 0.3) is 0 Å². The number of nitrogens with one attached hydrogen (secondary N) is 1. The van der Waals surface area contributed by atoms with Crippen molar-refractivity contribution in [3.05, 3.63) is 6.33 Å². The Labute approximate surface area is 148 Å². The fourth-order valence-electron chi connectivity index (χ4n) is 3.37. The van der Waals surface area contributed by atoms with Gasteiger partial charge in [0.05, 0.1) is 19.0 Å². The van der Waals surface area contributed by atoms with Gasteiger partial charge in [-0.25, -0.2) is 4.98 Å². The Bertz CT molecular complexity index is 779. The molecule has 0 aliphatic carbocycles. The monoisotopic (exact) mass is 366 g/mol. The van der Waals surface area contributed by atoms with Gasteiger partial charge < -0.3 is 35.8 Å². The summed E-state index contributed by atoms with van der Waals surface area (Å²) >= 11 is 0. The number of aromatic nitrogens is 4. The minimum Gasteiger partial charge on any atom is -0.394 e. The zero-order chi connectivity index (χ0) is 18.3. The molecule has 2 saturated heterocycles. The van der Waals surface area contributed by atoms with Gasteiger partial charge in [0.1, 0.15) is 18.3 Å². The molecule has 2 aromatic rings. The number of hydrogen-bond donors (Lipinski definition) is 5. The van der Waals surface area contributed by atoms with Crippen LogP contribution in [-0.4, -0.2) is 79.0 Å². The second-order valence-corrected chi connectivity index (χ2v) is 6.50. The molecule has 11 nitrogen and oxygen atoms in total. The van der Waals surface area contributed by atoms with Gasteiger partial charge in [-0.15, -0.1) is 0 Å². The summed E-state index contributed by atoms with van der Waals surface area (Å²) in [4.78, 5) is 12.7. The van der Waals surface area contributed by atoms with E-state index in [0.29, 0.717) is 23.5 Å². The van der Waals surface area contributed by atoms with E-state index < -0.39 is 31.1 Å². The fraction of sp³-hybridized carbons (Fsp3) is 0.667. The number of ether oxygens (including phenoxy) is 2. The lowest BCUT2D eigenvalue weighted by Crippen LogP contribution is -2.33. The van der Waals surface area contributed by atoms with Crippen molar-refractivity contribution in [3.63, 3.8) is 0 Å². The molecular weight excluding hydrogens is 344 g/mol. The maximum atomic E-state index is 10.2. The maximum absolute atomic E-state index is 10.2. The molecule has 5 atom stereocenters. The van der Waals surface area contributed by atoms with Crippen molar-refractivity contribution in [2.45, 2.75) is 43.5 Å². The molecule has 2 unspecified atom stereocenters. The minimum absolute atomic E-state index is 0.0424. The van der Waals surface area contributed by atoms with Gasteiger partial charge in [0.2, 0.25) is 5.95 Å². The number of imidazole rings is 1. The van der Waals surface area contributed by atoms with Crippen molar-refractivity contribution in [3.8, 4) is 0 Å². The Morgan fingerprint density at radius 3 is 2.85 bits per heavy atom. The average Bonchev–Trinajstić information content (AvgIpc) is 3.34. The van der Waals surface area contributed by atoms with E-state index in [9.17, 15) is 15.3 Å². The summed E-state index contributed by atoms with van der Waals surface area (Å²) < 4.78 is 12.6. The summed E-state index contributed by atoms with van der Waals surface area (Å²) in [6, 6.07) is 0. The first-order chi connectivity index (χ1) is 12.6. The topological polar surface area (TPSA) is 161 Å². The average molecular weight is 366 g/mol. The van der Waals surface area contributed by atoms with E-state index in [1.807, 2.05) is 0 Å². The van der Waals surface area contributed by atoms with Crippen molar-refractivity contribution >= 4 is 22.9 Å². The minimum atomic E-state index is -1.23. The number of nitrogen functional groups attached to an aromatic ring is 1. The van der Waals surface area contributed by atoms with Crippen LogP contribution < -0.4 is 11.1 Å². The molecule has 2 aliphatic heterocycles. The van der Waals surface area contributed by atoms with E-state index in [1.165, 1.54) is 10.9 Å². The molecule has 6 N–H and O–H groups in total. The molecule has 11 heteroatoms. The summed E-state index contributed by atoms with van der Waals surface area (Å²) in [5, 5.41) is 32.6. The first-order valence-corrected chi connectivity index (χ1v) is 8.56. The third kappa shape index (κ3) is 2.97. The van der Waals surface area contributed by atoms with Gasteiger partial charge in [-0.05, 0) is 12.8 Å². The van der Waals surface area contributed by atoms with Crippen LogP contribution in [0.5, 0.6) is 0 Å². The highest BCUT2D eigenvalue weighted by Crippen LogP contribution is 2.32. The number of aliphatic hydroxyl groups is 3. The lowest BCUT2D eigenvalue weighted by molar-refractivity contribution is -0.0511. The van der Waals surface area contributed by atoms with Gasteiger partial charge in [-0.3, -0.25) is 4.57 Å². The molecule has 2 aliphatic rings. The number of rotatable bonds is 5. The predicted octanol–water partition coefficient (Wildman–Crippen LogP) is -1.39. The van der Waals surface area contributed by atoms with Crippen LogP contribution in [0.25, 0.3) is 11.2 Å². The Morgan fingerprint density at radius 2 is 2.15 bits per heavy atom. The fourth-order valence-corrected chi connectivity index (χ4v) is 3.37. The molecule has 26 heavy (non-hydrogen) atoms. The zero-order valence-electron chi connectivity index (χ0n) is 14.0. The van der Waals surface area contributed by atoms with Gasteiger partial charge in [-0.2, -0.15) is 9.97 Å². The van der Waals surface area contributed by atoms with Gasteiger partial charge in [0.15, 0.2) is 23.2 Å². The number of nitrogens with two attached hydrogens (primary N) is 1. The standard InChI is InChI=1S/C15H22N6O5/c16-15-19-12(17-4-7-2-1-3-25-7)9-13(20-15)21(6-18-9)14-11(24)10(23)8(5-22)26-14/h6-8,10-11,14,22-24H,1-5H2,(H3,16,17,19,20)/t7?,8-,10-,11-,14?/m1/s1. The molecule has 0 aromatic carbocycles. The van der Waals surface area contributed by atoms with Crippen molar-refractivity contribution < 1.29 is 24.8 Å². The number of anilines is 2. The van der Waals surface area contributed by atoms with Crippen molar-refractivity contribution in [2.75, 3.05) is 30.8 Å². The predicted molar refractivity (Wildman–Crippen MR) is 90.2 cm³/mol. The number of aliphatic hydroxyl groups excluding tert-OH is 3. The van der Waals surface area contributed by atoms with Crippen molar-refractivity contribution in [1.82, 2.24) is 19.5 Å². The quantitative estimate of drug-likeness (QED) is 0.426. The van der Waals surface area contributed by atoms with Crippen LogP contribution in [0, 0.1) is 0 Å². The maximum Gasteiger partial charge on any atom is 0.224 e. The summed E-state index contributed by atoms with van der Waals surface area (Å²) in [5.41, 5.74) is 6.65. The lowest BCUT2D eigenvalue weighted by Gasteiger charge is -2.17. The van der Waals surface area contributed by atoms with Crippen LogP contribution in [0.2, 0.25) is 0 Å². The molecule has 2 fully saturated rings. The molecule has 2 aromatic heterocycles. The molecule has 0 radical (unpaired) electrons. The Hall–Kier alpha value is -2.05. The van der Waals surface area contributed by atoms with Gasteiger partial charge in [0, 0.05) is 13.2 Å². The van der Waals surface area contributed by atoms with E-state index >= 15 is 0 Å². The first-order valence-electron chi connectivity index (χ1n) is 8.56. The molecule has 4 rings (SSSR count). The molecular formula is C15H22N6O5. The first kappa shape index (κ1) is 17.4. The Morgan fingerprint density at radius 1 is 1.31 bits per heavy atom. The summed E-state index contributed by atoms with van der Waals surface area (Å²) in [5.74, 6) is 0.509. The highest BCUT2D eigenvalue weighted by Gasteiger charge is 2.44. The zero-order valence-corrected chi connectivity index (χ0v) is 14.0. The van der Waals surface area contributed by atoms with Crippen LogP contribution in [0.3, 0.4) is 0 Å². The third-order valence-electron chi connectivity index (χ3n) is 4.75. The van der Waals surface area contributed by atoms with Crippen LogP contribution in [0.1, 0.15) is 19.1 Å². The molecule has 0 spiro atoms. The van der Waals surface area contributed by atoms with E-state index in [1.54, 1.807) is 0 Å². The number of fused-ring (bicyclic) bond motifs is 1. The van der Waals surface area contributed by atoms with Gasteiger partial charge in [-0.1, -0.05) is 0 Å². The molecule has 142 valence electrons. The smallest absolute Gasteiger partial charge is 0.224 e. The highest BCUT2D eigenvalue weighted by atomic mass is 16.6. The molecule has 0 bridgehead atoms. The van der Waals surface area contributed by atoms with Crippen LogP contribution in [-0.2, 0) is 9.47 Å². The summed E-state index contributed by atoms with van der Waals surface area (Å²) in [6.07, 6.45) is -0.694. The summed E-state index contributed by atoms with van der Waals surface area (Å²) in [6.45, 7) is 0.923. The van der Waals surface area contributed by atoms with Crippen LogP contribution >= 0.6 is 0 Å². The number of nitrogens with zero attached hydrogens (tertiary/aromatic N) is 4. The van der Waals surface area contributed by atoms with E-state index in [4.69, 9.17) is 15.2 Å². The lowest BCUT2D eigenvalue weighted by atomic mass is 10.1. The van der Waals surface area contributed by atoms with Crippen molar-refractivity contribution in [1.29, 1.82) is 0 Å². The van der Waals surface area contributed by atoms with Crippen LogP contribution in [0.4, 0.5) is 11.8 Å². The normalized spacial score (nSPS) is 31.7. The third-order valence-corrected chi connectivity index (χ3v) is 4.75. The van der Waals surface area contributed by atoms with E-state index in [-0.39, 0.29) is 12.1 Å².